The molecule has 1 atom stereocenters. The lowest BCUT2D eigenvalue weighted by Crippen LogP contribution is -2.42. The van der Waals surface area contributed by atoms with Crippen LogP contribution in [-0.4, -0.2) is 37.5 Å². The summed E-state index contributed by atoms with van der Waals surface area (Å²) in [6.45, 7) is 1.98. The first-order valence-corrected chi connectivity index (χ1v) is 7.78. The molecule has 1 aromatic rings. The fourth-order valence-corrected chi connectivity index (χ4v) is 3.12. The molecule has 0 aromatic carbocycles. The second-order valence-electron chi connectivity index (χ2n) is 5.60. The number of aromatic nitrogens is 4. The summed E-state index contributed by atoms with van der Waals surface area (Å²) in [5, 5.41) is 25.4. The molecule has 1 heterocycles. The molecule has 0 spiro atoms. The average Bonchev–Trinajstić information content (AvgIpc) is 3.32. The summed E-state index contributed by atoms with van der Waals surface area (Å²) in [5.41, 5.74) is -0.425. The lowest BCUT2D eigenvalue weighted by atomic mass is 10.0. The molecule has 1 unspecified atom stereocenters. The number of tetrazole rings is 1. The van der Waals surface area contributed by atoms with Crippen LogP contribution in [-0.2, 0) is 0 Å². The molecule has 0 saturated heterocycles. The van der Waals surface area contributed by atoms with Crippen molar-refractivity contribution in [2.45, 2.75) is 61.8 Å². The van der Waals surface area contributed by atoms with E-state index in [1.165, 1.54) is 25.7 Å². The molecule has 6 nitrogen and oxygen atoms in total. The maximum absolute atomic E-state index is 9.30. The number of hydrogen-bond acceptors (Lipinski definition) is 6. The van der Waals surface area contributed by atoms with Gasteiger partial charge in [-0.05, 0) is 49.5 Å². The molecule has 0 amide bonds. The molecule has 7 heteroatoms. The monoisotopic (exact) mass is 278 g/mol. The third-order valence-electron chi connectivity index (χ3n) is 3.54. The van der Waals surface area contributed by atoms with Gasteiger partial charge >= 0.3 is 0 Å². The lowest BCUT2D eigenvalue weighted by molar-refractivity contribution is 0.433. The van der Waals surface area contributed by atoms with Crippen molar-refractivity contribution in [1.29, 1.82) is 5.26 Å². The SMILES string of the molecule is CC(C#N)(CCSc1nnnn1C1CC1)NC1CC1. The number of rotatable bonds is 7. The van der Waals surface area contributed by atoms with Crippen LogP contribution in [0.5, 0.6) is 0 Å². The van der Waals surface area contributed by atoms with Gasteiger partial charge in [0.15, 0.2) is 0 Å². The minimum absolute atomic E-state index is 0.425. The summed E-state index contributed by atoms with van der Waals surface area (Å²) in [5.74, 6) is 0.858. The Morgan fingerprint density at radius 3 is 2.89 bits per heavy atom. The topological polar surface area (TPSA) is 79.4 Å². The quantitative estimate of drug-likeness (QED) is 0.762. The molecular formula is C12H18N6S. The predicted octanol–water partition coefficient (Wildman–Crippen LogP) is 1.52. The minimum atomic E-state index is -0.425. The lowest BCUT2D eigenvalue weighted by Gasteiger charge is -2.22. The van der Waals surface area contributed by atoms with Gasteiger partial charge in [0, 0.05) is 11.8 Å². The molecular weight excluding hydrogens is 260 g/mol. The van der Waals surface area contributed by atoms with Crippen LogP contribution in [0.3, 0.4) is 0 Å². The van der Waals surface area contributed by atoms with Gasteiger partial charge in [0.2, 0.25) is 5.16 Å². The first-order valence-electron chi connectivity index (χ1n) is 6.80. The Hall–Kier alpha value is -1.13. The Balaban J connectivity index is 1.51. The fourth-order valence-electron chi connectivity index (χ4n) is 2.01. The van der Waals surface area contributed by atoms with E-state index < -0.39 is 5.54 Å². The first-order chi connectivity index (χ1) is 9.20. The summed E-state index contributed by atoms with van der Waals surface area (Å²) >= 11 is 1.65. The maximum Gasteiger partial charge on any atom is 0.209 e. The maximum atomic E-state index is 9.30. The van der Waals surface area contributed by atoms with Crippen molar-refractivity contribution in [2.24, 2.45) is 0 Å². The summed E-state index contributed by atoms with van der Waals surface area (Å²) in [4.78, 5) is 0. The minimum Gasteiger partial charge on any atom is -0.297 e. The van der Waals surface area contributed by atoms with Crippen LogP contribution in [0, 0.1) is 11.3 Å². The van der Waals surface area contributed by atoms with Gasteiger partial charge in [0.05, 0.1) is 12.1 Å². The molecule has 2 saturated carbocycles. The van der Waals surface area contributed by atoms with Gasteiger partial charge in [0.1, 0.15) is 5.54 Å². The van der Waals surface area contributed by atoms with Crippen LogP contribution >= 0.6 is 11.8 Å². The van der Waals surface area contributed by atoms with Crippen molar-refractivity contribution in [3.8, 4) is 6.07 Å². The molecule has 1 aromatic heterocycles. The molecule has 0 aliphatic heterocycles. The molecule has 2 fully saturated rings. The van der Waals surface area contributed by atoms with Crippen molar-refractivity contribution in [3.63, 3.8) is 0 Å². The largest absolute Gasteiger partial charge is 0.297 e. The van der Waals surface area contributed by atoms with Gasteiger partial charge in [-0.25, -0.2) is 4.68 Å². The van der Waals surface area contributed by atoms with Crippen molar-refractivity contribution in [3.05, 3.63) is 0 Å². The molecule has 1 N–H and O–H groups in total. The van der Waals surface area contributed by atoms with Crippen LogP contribution in [0.4, 0.5) is 0 Å². The highest BCUT2D eigenvalue weighted by Crippen LogP contribution is 2.36. The van der Waals surface area contributed by atoms with Gasteiger partial charge < -0.3 is 0 Å². The van der Waals surface area contributed by atoms with Gasteiger partial charge in [-0.1, -0.05) is 11.8 Å². The van der Waals surface area contributed by atoms with E-state index in [-0.39, 0.29) is 0 Å². The van der Waals surface area contributed by atoms with E-state index in [1.807, 2.05) is 11.6 Å². The summed E-state index contributed by atoms with van der Waals surface area (Å²) in [7, 11) is 0. The smallest absolute Gasteiger partial charge is 0.209 e. The molecule has 2 aliphatic rings. The van der Waals surface area contributed by atoms with Gasteiger partial charge in [-0.2, -0.15) is 5.26 Å². The molecule has 3 rings (SSSR count). The van der Waals surface area contributed by atoms with Crippen LogP contribution in [0.25, 0.3) is 0 Å². The van der Waals surface area contributed by atoms with Crippen LogP contribution in [0.1, 0.15) is 45.1 Å². The van der Waals surface area contributed by atoms with Gasteiger partial charge in [-0.15, -0.1) is 5.10 Å². The molecule has 0 bridgehead atoms. The average molecular weight is 278 g/mol. The van der Waals surface area contributed by atoms with E-state index in [0.29, 0.717) is 12.1 Å². The molecule has 2 aliphatic carbocycles. The van der Waals surface area contributed by atoms with Crippen molar-refractivity contribution < 1.29 is 0 Å². The Morgan fingerprint density at radius 2 is 2.26 bits per heavy atom. The highest BCUT2D eigenvalue weighted by atomic mass is 32.2. The van der Waals surface area contributed by atoms with E-state index in [0.717, 1.165) is 17.3 Å². The highest BCUT2D eigenvalue weighted by molar-refractivity contribution is 7.99. The first kappa shape index (κ1) is 12.9. The third-order valence-corrected chi connectivity index (χ3v) is 4.47. The zero-order chi connectivity index (χ0) is 13.3. The Bertz CT molecular complexity index is 487. The Kier molecular flexibility index (Phi) is 3.46. The Labute approximate surface area is 116 Å². The fraction of sp³-hybridized carbons (Fsp3) is 0.833. The van der Waals surface area contributed by atoms with Crippen LogP contribution in [0.15, 0.2) is 5.16 Å². The van der Waals surface area contributed by atoms with Crippen molar-refractivity contribution in [2.75, 3.05) is 5.75 Å². The normalized spacial score (nSPS) is 21.9. The second-order valence-corrected chi connectivity index (χ2v) is 6.66. The predicted molar refractivity (Wildman–Crippen MR) is 71.6 cm³/mol. The number of nitrogens with zero attached hydrogens (tertiary/aromatic N) is 5. The highest BCUT2D eigenvalue weighted by Gasteiger charge is 2.32. The standard InChI is InChI=1S/C12H18N6S/c1-12(8-13,14-9-2-3-9)6-7-19-11-15-16-17-18(11)10-4-5-10/h9-10,14H,2-7H2,1H3. The zero-order valence-electron chi connectivity index (χ0n) is 11.0. The zero-order valence-corrected chi connectivity index (χ0v) is 11.9. The molecule has 19 heavy (non-hydrogen) atoms. The van der Waals surface area contributed by atoms with Gasteiger partial charge in [-0.3, -0.25) is 5.32 Å². The van der Waals surface area contributed by atoms with E-state index in [4.69, 9.17) is 0 Å². The number of hydrogen-bond donors (Lipinski definition) is 1. The van der Waals surface area contributed by atoms with E-state index >= 15 is 0 Å². The summed E-state index contributed by atoms with van der Waals surface area (Å²) < 4.78 is 1.92. The number of nitrogens with one attached hydrogen (secondary N) is 1. The van der Waals surface area contributed by atoms with Gasteiger partial charge in [0.25, 0.3) is 0 Å². The van der Waals surface area contributed by atoms with E-state index in [2.05, 4.69) is 26.9 Å². The van der Waals surface area contributed by atoms with Crippen LogP contribution < -0.4 is 5.32 Å². The third kappa shape index (κ3) is 3.25. The van der Waals surface area contributed by atoms with E-state index in [1.54, 1.807) is 11.8 Å². The number of nitriles is 1. The second kappa shape index (κ2) is 5.10. The number of thioether (sulfide) groups is 1. The van der Waals surface area contributed by atoms with Crippen molar-refractivity contribution in [1.82, 2.24) is 25.5 Å². The van der Waals surface area contributed by atoms with Crippen LogP contribution in [0.2, 0.25) is 0 Å². The summed E-state index contributed by atoms with van der Waals surface area (Å²) in [6.07, 6.45) is 5.56. The molecule has 0 radical (unpaired) electrons. The molecule has 102 valence electrons. The summed E-state index contributed by atoms with van der Waals surface area (Å²) in [6, 6.07) is 3.45. The van der Waals surface area contributed by atoms with Crippen molar-refractivity contribution >= 4 is 11.8 Å². The van der Waals surface area contributed by atoms with E-state index in [9.17, 15) is 5.26 Å². The Morgan fingerprint density at radius 1 is 1.47 bits per heavy atom.